The minimum Gasteiger partial charge on any atom is -0.275 e. The van der Waals surface area contributed by atoms with E-state index in [1.165, 1.54) is 12.1 Å². The Morgan fingerprint density at radius 3 is 2.52 bits per heavy atom. The van der Waals surface area contributed by atoms with E-state index in [0.29, 0.717) is 11.3 Å². The van der Waals surface area contributed by atoms with Gasteiger partial charge in [-0.2, -0.15) is 5.10 Å². The lowest BCUT2D eigenvalue weighted by Gasteiger charge is -2.11. The first-order valence-electron chi connectivity index (χ1n) is 7.25. The fraction of sp³-hybridized carbons (Fsp3) is 0.125. The molecule has 9 heteroatoms. The minimum atomic E-state index is -3.88. The number of sulfonamides is 1. The van der Waals surface area contributed by atoms with Crippen LogP contribution in [0.1, 0.15) is 5.56 Å². The van der Waals surface area contributed by atoms with Crippen LogP contribution < -0.4 is 4.72 Å². The Morgan fingerprint density at radius 2 is 1.88 bits per heavy atom. The average molecular weight is 397 g/mol. The van der Waals surface area contributed by atoms with E-state index in [9.17, 15) is 8.42 Å². The Morgan fingerprint density at radius 1 is 1.16 bits per heavy atom. The van der Waals surface area contributed by atoms with Gasteiger partial charge in [0.25, 0.3) is 0 Å². The largest absolute Gasteiger partial charge is 0.275 e. The van der Waals surface area contributed by atoms with E-state index in [-0.39, 0.29) is 21.5 Å². The normalized spacial score (nSPS) is 11.6. The summed E-state index contributed by atoms with van der Waals surface area (Å²) < 4.78 is 29.3. The van der Waals surface area contributed by atoms with Crippen molar-refractivity contribution in [2.45, 2.75) is 11.4 Å². The molecule has 6 nitrogen and oxygen atoms in total. The Hall–Kier alpha value is -1.93. The molecule has 130 valence electrons. The van der Waals surface area contributed by atoms with Crippen molar-refractivity contribution in [3.63, 3.8) is 0 Å². The molecule has 1 aromatic carbocycles. The average Bonchev–Trinajstić information content (AvgIpc) is 2.99. The smallest absolute Gasteiger partial charge is 0.243 e. The number of hydrogen-bond acceptors (Lipinski definition) is 4. The molecule has 2 heterocycles. The molecule has 3 aromatic rings. The number of aromatic nitrogens is 3. The van der Waals surface area contributed by atoms with E-state index in [0.717, 1.165) is 5.56 Å². The molecule has 3 rings (SSSR count). The predicted molar refractivity (Wildman–Crippen MR) is 96.9 cm³/mol. The maximum Gasteiger partial charge on any atom is 0.243 e. The van der Waals surface area contributed by atoms with Gasteiger partial charge in [-0.05, 0) is 23.8 Å². The number of nitrogens with zero attached hydrogens (tertiary/aromatic N) is 3. The van der Waals surface area contributed by atoms with Crippen LogP contribution in [0.3, 0.4) is 0 Å². The van der Waals surface area contributed by atoms with Gasteiger partial charge in [-0.3, -0.25) is 9.67 Å². The quantitative estimate of drug-likeness (QED) is 0.717. The van der Waals surface area contributed by atoms with E-state index < -0.39 is 10.0 Å². The molecule has 25 heavy (non-hydrogen) atoms. The third-order valence-corrected chi connectivity index (χ3v) is 5.87. The number of pyridine rings is 1. The van der Waals surface area contributed by atoms with Crippen LogP contribution in [-0.2, 0) is 23.6 Å². The van der Waals surface area contributed by atoms with Crippen LogP contribution >= 0.6 is 23.2 Å². The van der Waals surface area contributed by atoms with E-state index in [1.807, 2.05) is 6.20 Å². The van der Waals surface area contributed by atoms with Crippen LogP contribution in [0.2, 0.25) is 10.0 Å². The van der Waals surface area contributed by atoms with E-state index in [2.05, 4.69) is 14.8 Å². The van der Waals surface area contributed by atoms with Gasteiger partial charge < -0.3 is 0 Å². The summed E-state index contributed by atoms with van der Waals surface area (Å²) in [6, 6.07) is 8.09. The molecule has 2 aromatic heterocycles. The zero-order valence-electron chi connectivity index (χ0n) is 13.1. The highest BCUT2D eigenvalue weighted by molar-refractivity contribution is 7.89. The SMILES string of the molecule is Cn1cc(-c2ncccc2CNS(=O)(=O)c2c(Cl)cccc2Cl)cn1. The highest BCUT2D eigenvalue weighted by Gasteiger charge is 2.22. The van der Waals surface area contributed by atoms with Crippen molar-refractivity contribution >= 4 is 33.2 Å². The lowest BCUT2D eigenvalue weighted by atomic mass is 10.1. The van der Waals surface area contributed by atoms with Crippen LogP contribution in [0.15, 0.2) is 53.8 Å². The van der Waals surface area contributed by atoms with Gasteiger partial charge in [-0.15, -0.1) is 0 Å². The third kappa shape index (κ3) is 3.85. The molecule has 0 saturated heterocycles. The summed E-state index contributed by atoms with van der Waals surface area (Å²) >= 11 is 12.0. The summed E-state index contributed by atoms with van der Waals surface area (Å²) in [6.45, 7) is 0.0436. The fourth-order valence-electron chi connectivity index (χ4n) is 2.37. The van der Waals surface area contributed by atoms with Crippen molar-refractivity contribution in [2.75, 3.05) is 0 Å². The molecule has 0 bridgehead atoms. The lowest BCUT2D eigenvalue weighted by molar-refractivity contribution is 0.581. The van der Waals surface area contributed by atoms with Crippen molar-refractivity contribution in [3.05, 3.63) is 64.5 Å². The first-order valence-corrected chi connectivity index (χ1v) is 9.49. The van der Waals surface area contributed by atoms with Gasteiger partial charge in [0.1, 0.15) is 4.90 Å². The van der Waals surface area contributed by atoms with Crippen LogP contribution in [0.25, 0.3) is 11.3 Å². The van der Waals surface area contributed by atoms with Crippen molar-refractivity contribution in [1.29, 1.82) is 0 Å². The summed E-state index contributed by atoms with van der Waals surface area (Å²) in [5.41, 5.74) is 2.17. The standard InChI is InChI=1S/C16H14Cl2N4O2S/c1-22-10-12(8-20-22)15-11(4-3-7-19-15)9-21-25(23,24)16-13(17)5-2-6-14(16)18/h2-8,10,21H,9H2,1H3. The maximum absolute atomic E-state index is 12.6. The number of rotatable bonds is 5. The molecule has 0 fully saturated rings. The van der Waals surface area contributed by atoms with Crippen molar-refractivity contribution < 1.29 is 8.42 Å². The molecule has 1 N–H and O–H groups in total. The zero-order valence-corrected chi connectivity index (χ0v) is 15.5. The van der Waals surface area contributed by atoms with Gasteiger partial charge in [0.15, 0.2) is 0 Å². The van der Waals surface area contributed by atoms with E-state index in [1.54, 1.807) is 42.3 Å². The number of benzene rings is 1. The minimum absolute atomic E-state index is 0.0436. The molecule has 0 aliphatic carbocycles. The Labute approximate surface area is 155 Å². The summed E-state index contributed by atoms with van der Waals surface area (Å²) in [7, 11) is -2.08. The fourth-order valence-corrected chi connectivity index (χ4v) is 4.52. The molecule has 0 aliphatic rings. The predicted octanol–water partition coefficient (Wildman–Crippen LogP) is 3.27. The molecular formula is C16H14Cl2N4O2S. The highest BCUT2D eigenvalue weighted by atomic mass is 35.5. The maximum atomic E-state index is 12.6. The Kier molecular flexibility index (Phi) is 5.10. The third-order valence-electron chi connectivity index (χ3n) is 3.51. The van der Waals surface area contributed by atoms with Crippen molar-refractivity contribution in [2.24, 2.45) is 7.05 Å². The van der Waals surface area contributed by atoms with Crippen molar-refractivity contribution in [1.82, 2.24) is 19.5 Å². The number of nitrogens with one attached hydrogen (secondary N) is 1. The topological polar surface area (TPSA) is 76.9 Å². The Bertz CT molecular complexity index is 998. The van der Waals surface area contributed by atoms with Gasteiger partial charge in [-0.25, -0.2) is 13.1 Å². The number of hydrogen-bond donors (Lipinski definition) is 1. The molecule has 0 aliphatic heterocycles. The van der Waals surface area contributed by atoms with Gasteiger partial charge in [-0.1, -0.05) is 35.3 Å². The van der Waals surface area contributed by atoms with Crippen LogP contribution in [0.4, 0.5) is 0 Å². The molecule has 0 radical (unpaired) electrons. The summed E-state index contributed by atoms with van der Waals surface area (Å²) in [5, 5.41) is 4.25. The first-order chi connectivity index (χ1) is 11.9. The Balaban J connectivity index is 1.90. The first kappa shape index (κ1) is 17.9. The van der Waals surface area contributed by atoms with Gasteiger partial charge in [0.05, 0.1) is 21.9 Å². The summed E-state index contributed by atoms with van der Waals surface area (Å²) in [4.78, 5) is 4.20. The second-order valence-corrected chi connectivity index (χ2v) is 7.81. The molecular weight excluding hydrogens is 383 g/mol. The summed E-state index contributed by atoms with van der Waals surface area (Å²) in [6.07, 6.45) is 5.13. The van der Waals surface area contributed by atoms with Crippen LogP contribution in [0.5, 0.6) is 0 Å². The zero-order chi connectivity index (χ0) is 18.0. The lowest BCUT2D eigenvalue weighted by Crippen LogP contribution is -2.24. The summed E-state index contributed by atoms with van der Waals surface area (Å²) in [5.74, 6) is 0. The van der Waals surface area contributed by atoms with E-state index >= 15 is 0 Å². The second kappa shape index (κ2) is 7.13. The molecule has 0 saturated carbocycles. The monoisotopic (exact) mass is 396 g/mol. The van der Waals surface area contributed by atoms with Crippen LogP contribution in [-0.4, -0.2) is 23.2 Å². The highest BCUT2D eigenvalue weighted by Crippen LogP contribution is 2.29. The van der Waals surface area contributed by atoms with Crippen LogP contribution in [0, 0.1) is 0 Å². The number of aryl methyl sites for hydroxylation is 1. The molecule has 0 amide bonds. The molecule has 0 spiro atoms. The van der Waals surface area contributed by atoms with Gasteiger partial charge >= 0.3 is 0 Å². The molecule has 0 unspecified atom stereocenters. The van der Waals surface area contributed by atoms with Gasteiger partial charge in [0, 0.05) is 31.5 Å². The second-order valence-electron chi connectivity index (χ2n) is 5.29. The molecule has 0 atom stereocenters. The van der Waals surface area contributed by atoms with E-state index in [4.69, 9.17) is 23.2 Å². The van der Waals surface area contributed by atoms with Crippen molar-refractivity contribution in [3.8, 4) is 11.3 Å². The van der Waals surface area contributed by atoms with Gasteiger partial charge in [0.2, 0.25) is 10.0 Å². The number of halogens is 2.